The fraction of sp³-hybridized carbons (Fsp3) is 0.458. The Hall–Kier alpha value is -2.54. The monoisotopic (exact) mass is 442 g/mol. The lowest BCUT2D eigenvalue weighted by Crippen LogP contribution is -2.40. The van der Waals surface area contributed by atoms with Crippen LogP contribution in [0.15, 0.2) is 47.4 Å². The third kappa shape index (κ3) is 4.56. The van der Waals surface area contributed by atoms with Crippen LogP contribution in [0.3, 0.4) is 0 Å². The summed E-state index contributed by atoms with van der Waals surface area (Å²) in [5, 5.41) is 3.14. The highest BCUT2D eigenvalue weighted by Crippen LogP contribution is 2.49. The smallest absolute Gasteiger partial charge is 0.261 e. The van der Waals surface area contributed by atoms with Crippen LogP contribution in [0.1, 0.15) is 48.5 Å². The lowest BCUT2D eigenvalue weighted by Gasteiger charge is -2.28. The lowest BCUT2D eigenvalue weighted by molar-refractivity contribution is 0.0914. The predicted molar refractivity (Wildman–Crippen MR) is 121 cm³/mol. The molecule has 4 unspecified atom stereocenters. The maximum Gasteiger partial charge on any atom is 0.261 e. The number of fused-ring (bicyclic) bond motifs is 2. The van der Waals surface area contributed by atoms with Crippen LogP contribution in [0.2, 0.25) is 0 Å². The van der Waals surface area contributed by atoms with Gasteiger partial charge in [-0.15, -0.1) is 0 Å². The largest absolute Gasteiger partial charge is 0.497 e. The number of benzene rings is 2. The van der Waals surface area contributed by atoms with Gasteiger partial charge in [0.1, 0.15) is 5.75 Å². The first-order valence-electron chi connectivity index (χ1n) is 10.8. The van der Waals surface area contributed by atoms with E-state index in [4.69, 9.17) is 4.74 Å². The topological polar surface area (TPSA) is 84.5 Å². The van der Waals surface area contributed by atoms with Crippen molar-refractivity contribution < 1.29 is 17.9 Å². The number of nitrogens with one attached hydrogen (secondary N) is 2. The van der Waals surface area contributed by atoms with Crippen molar-refractivity contribution in [3.05, 3.63) is 53.6 Å². The van der Waals surface area contributed by atoms with Crippen LogP contribution < -0.4 is 14.8 Å². The van der Waals surface area contributed by atoms with E-state index in [0.29, 0.717) is 28.8 Å². The summed E-state index contributed by atoms with van der Waals surface area (Å²) in [4.78, 5) is 13.1. The number of aryl methyl sites for hydroxylation is 1. The molecule has 2 bridgehead atoms. The first-order chi connectivity index (χ1) is 14.8. The molecule has 2 N–H and O–H groups in total. The number of methoxy groups -OCH3 is 1. The molecular formula is C24H30N2O4S. The number of sulfonamides is 1. The molecule has 0 aliphatic heterocycles. The highest BCUT2D eigenvalue weighted by atomic mass is 32.2. The second-order valence-electron chi connectivity index (χ2n) is 8.91. The number of rotatable bonds is 7. The molecule has 0 aromatic heterocycles. The average Bonchev–Trinajstić information content (AvgIpc) is 3.38. The summed E-state index contributed by atoms with van der Waals surface area (Å²) in [6, 6.07) is 11.4. The van der Waals surface area contributed by atoms with Gasteiger partial charge in [-0.1, -0.05) is 12.5 Å². The van der Waals surface area contributed by atoms with E-state index in [9.17, 15) is 13.2 Å². The summed E-state index contributed by atoms with van der Waals surface area (Å²) in [7, 11) is -2.28. The molecule has 2 aliphatic carbocycles. The molecule has 2 saturated carbocycles. The Morgan fingerprint density at radius 1 is 1.10 bits per heavy atom. The molecule has 7 heteroatoms. The van der Waals surface area contributed by atoms with Crippen molar-refractivity contribution in [1.82, 2.24) is 5.32 Å². The van der Waals surface area contributed by atoms with Crippen LogP contribution in [-0.4, -0.2) is 27.5 Å². The Bertz CT molecular complexity index is 1070. The van der Waals surface area contributed by atoms with E-state index in [1.54, 1.807) is 37.4 Å². The van der Waals surface area contributed by atoms with E-state index in [0.717, 1.165) is 11.5 Å². The second-order valence-corrected chi connectivity index (χ2v) is 10.6. The summed E-state index contributed by atoms with van der Waals surface area (Å²) in [5.41, 5.74) is 1.57. The summed E-state index contributed by atoms with van der Waals surface area (Å²) in [5.74, 6) is 2.47. The Balaban J connectivity index is 1.49. The Labute approximate surface area is 184 Å². The number of anilines is 1. The molecule has 6 nitrogen and oxygen atoms in total. The van der Waals surface area contributed by atoms with Crippen molar-refractivity contribution in [2.45, 2.75) is 50.5 Å². The van der Waals surface area contributed by atoms with E-state index < -0.39 is 10.0 Å². The van der Waals surface area contributed by atoms with Gasteiger partial charge in [0.25, 0.3) is 15.9 Å². The molecule has 166 valence electrons. The maximum absolute atomic E-state index is 13.0. The Morgan fingerprint density at radius 3 is 2.45 bits per heavy atom. The molecule has 4 atom stereocenters. The van der Waals surface area contributed by atoms with Crippen molar-refractivity contribution in [1.29, 1.82) is 0 Å². The minimum Gasteiger partial charge on any atom is -0.497 e. The van der Waals surface area contributed by atoms with Crippen LogP contribution in [0.5, 0.6) is 5.75 Å². The molecule has 0 heterocycles. The minimum atomic E-state index is -3.83. The first kappa shape index (κ1) is 21.7. The Morgan fingerprint density at radius 2 is 1.84 bits per heavy atom. The van der Waals surface area contributed by atoms with Gasteiger partial charge in [-0.3, -0.25) is 9.52 Å². The first-order valence-corrected chi connectivity index (χ1v) is 12.3. The van der Waals surface area contributed by atoms with E-state index >= 15 is 0 Å². The Kier molecular flexibility index (Phi) is 5.97. The molecule has 2 aliphatic rings. The quantitative estimate of drug-likeness (QED) is 0.667. The average molecular weight is 443 g/mol. The molecule has 31 heavy (non-hydrogen) atoms. The van der Waals surface area contributed by atoms with Crippen molar-refractivity contribution in [2.75, 3.05) is 11.8 Å². The van der Waals surface area contributed by atoms with Crippen molar-refractivity contribution in [3.63, 3.8) is 0 Å². The normalized spacial score (nSPS) is 23.4. The zero-order chi connectivity index (χ0) is 22.2. The van der Waals surface area contributed by atoms with Gasteiger partial charge in [-0.25, -0.2) is 8.42 Å². The van der Waals surface area contributed by atoms with Crippen LogP contribution in [0.4, 0.5) is 5.69 Å². The van der Waals surface area contributed by atoms with Crippen LogP contribution in [-0.2, 0) is 10.0 Å². The zero-order valence-electron chi connectivity index (χ0n) is 18.2. The van der Waals surface area contributed by atoms with Gasteiger partial charge >= 0.3 is 0 Å². The number of hydrogen-bond acceptors (Lipinski definition) is 4. The minimum absolute atomic E-state index is 0.0617. The summed E-state index contributed by atoms with van der Waals surface area (Å²) in [6.45, 7) is 3.90. The van der Waals surface area contributed by atoms with Crippen molar-refractivity contribution >= 4 is 21.6 Å². The van der Waals surface area contributed by atoms with Gasteiger partial charge in [-0.05, 0) is 92.8 Å². The van der Waals surface area contributed by atoms with Gasteiger partial charge in [0.2, 0.25) is 0 Å². The van der Waals surface area contributed by atoms with Gasteiger partial charge in [0, 0.05) is 17.3 Å². The van der Waals surface area contributed by atoms with Crippen LogP contribution in [0, 0.1) is 24.7 Å². The maximum atomic E-state index is 13.0. The van der Waals surface area contributed by atoms with Gasteiger partial charge in [-0.2, -0.15) is 0 Å². The second kappa shape index (κ2) is 8.54. The SMILES string of the molecule is COc1ccc(NS(=O)(=O)c2ccc(C)c(C(=O)NC(C)C3CC4CCC3C4)c2)cc1. The zero-order valence-corrected chi connectivity index (χ0v) is 19.0. The van der Waals surface area contributed by atoms with Crippen LogP contribution >= 0.6 is 0 Å². The molecule has 1 amide bonds. The number of ether oxygens (including phenoxy) is 1. The third-order valence-electron chi connectivity index (χ3n) is 6.90. The number of carbonyl (C=O) groups excluding carboxylic acids is 1. The summed E-state index contributed by atoms with van der Waals surface area (Å²) in [6.07, 6.45) is 5.06. The van der Waals surface area contributed by atoms with Gasteiger partial charge in [0.15, 0.2) is 0 Å². The molecule has 4 rings (SSSR count). The number of amides is 1. The standard InChI is InChI=1S/C24H30N2O4S/c1-15-4-11-21(31(28,29)26-19-7-9-20(30-3)10-8-19)14-22(15)24(27)25-16(2)23-13-17-5-6-18(23)12-17/h4,7-11,14,16-18,23,26H,5-6,12-13H2,1-3H3,(H,25,27). The molecule has 2 fully saturated rings. The predicted octanol–water partition coefficient (Wildman–Crippen LogP) is 4.36. The fourth-order valence-electron chi connectivity index (χ4n) is 5.18. The highest BCUT2D eigenvalue weighted by Gasteiger charge is 2.42. The van der Waals surface area contributed by atoms with Crippen molar-refractivity contribution in [3.8, 4) is 5.75 Å². The third-order valence-corrected chi connectivity index (χ3v) is 8.28. The van der Waals surface area contributed by atoms with Gasteiger partial charge in [0.05, 0.1) is 12.0 Å². The molecule has 0 saturated heterocycles. The summed E-state index contributed by atoms with van der Waals surface area (Å²) >= 11 is 0. The van der Waals surface area contributed by atoms with Crippen LogP contribution in [0.25, 0.3) is 0 Å². The molecular weight excluding hydrogens is 412 g/mol. The van der Waals surface area contributed by atoms with Crippen molar-refractivity contribution in [2.24, 2.45) is 17.8 Å². The molecule has 0 radical (unpaired) electrons. The lowest BCUT2D eigenvalue weighted by atomic mass is 9.84. The number of carbonyl (C=O) groups is 1. The van der Waals surface area contributed by atoms with E-state index in [1.165, 1.54) is 37.8 Å². The van der Waals surface area contributed by atoms with E-state index in [2.05, 4.69) is 17.0 Å². The molecule has 2 aromatic carbocycles. The summed E-state index contributed by atoms with van der Waals surface area (Å²) < 4.78 is 33.4. The highest BCUT2D eigenvalue weighted by molar-refractivity contribution is 7.92. The molecule has 0 spiro atoms. The van der Waals surface area contributed by atoms with E-state index in [1.807, 2.05) is 6.92 Å². The fourth-order valence-corrected chi connectivity index (χ4v) is 6.27. The molecule has 2 aromatic rings. The van der Waals surface area contributed by atoms with Gasteiger partial charge < -0.3 is 10.1 Å². The van der Waals surface area contributed by atoms with E-state index in [-0.39, 0.29) is 16.8 Å². The number of hydrogen-bond donors (Lipinski definition) is 2.